The third kappa shape index (κ3) is 3.23. The first-order valence-corrected chi connectivity index (χ1v) is 10.9. The molecular formula is C21H15BrFN5OS. The zero-order valence-corrected chi connectivity index (χ0v) is 18.2. The van der Waals surface area contributed by atoms with Gasteiger partial charge in [-0.1, -0.05) is 27.3 Å². The molecule has 150 valence electrons. The molecule has 6 nitrogen and oxygen atoms in total. The minimum Gasteiger partial charge on any atom is -0.302 e. The van der Waals surface area contributed by atoms with E-state index in [1.165, 1.54) is 24.3 Å². The van der Waals surface area contributed by atoms with Crippen LogP contribution in [0.3, 0.4) is 0 Å². The van der Waals surface area contributed by atoms with Crippen molar-refractivity contribution in [3.8, 4) is 27.5 Å². The topological polar surface area (TPSA) is 72.7 Å². The SMILES string of the molecule is CC(=O)Nc1nc2c(s1)-c1c(c(-c3cccnc3)nn1-c1ccc(Br)cc1F)CC2. The average molecular weight is 484 g/mol. The number of hydrogen-bond acceptors (Lipinski definition) is 5. The van der Waals surface area contributed by atoms with Crippen molar-refractivity contribution in [3.63, 3.8) is 0 Å². The molecule has 30 heavy (non-hydrogen) atoms. The Morgan fingerprint density at radius 2 is 2.17 bits per heavy atom. The summed E-state index contributed by atoms with van der Waals surface area (Å²) in [7, 11) is 0. The molecule has 1 N–H and O–H groups in total. The molecular weight excluding hydrogens is 469 g/mol. The molecule has 1 aliphatic rings. The number of amides is 1. The van der Waals surface area contributed by atoms with E-state index in [0.717, 1.165) is 39.5 Å². The predicted molar refractivity (Wildman–Crippen MR) is 117 cm³/mol. The van der Waals surface area contributed by atoms with Crippen LogP contribution in [0, 0.1) is 5.82 Å². The van der Waals surface area contributed by atoms with Gasteiger partial charge in [0.2, 0.25) is 5.91 Å². The Morgan fingerprint density at radius 1 is 1.30 bits per heavy atom. The standard InChI is InChI=1S/C21H15BrFN5OS/c1-11(29)25-21-26-16-6-5-14-18(12-3-2-8-24-10-12)27-28(19(14)20(16)30-21)17-7-4-13(22)9-15(17)23/h2-4,7-10H,5-6H2,1H3,(H,25,26,29). The zero-order chi connectivity index (χ0) is 20.8. The van der Waals surface area contributed by atoms with Gasteiger partial charge in [0.25, 0.3) is 0 Å². The number of thiazole rings is 1. The van der Waals surface area contributed by atoms with Gasteiger partial charge in [-0.25, -0.2) is 14.1 Å². The molecule has 1 amide bonds. The molecule has 0 aliphatic heterocycles. The van der Waals surface area contributed by atoms with Crippen LogP contribution in [0.2, 0.25) is 0 Å². The van der Waals surface area contributed by atoms with Crippen molar-refractivity contribution < 1.29 is 9.18 Å². The van der Waals surface area contributed by atoms with E-state index in [0.29, 0.717) is 21.7 Å². The van der Waals surface area contributed by atoms with Crippen LogP contribution in [-0.4, -0.2) is 25.7 Å². The summed E-state index contributed by atoms with van der Waals surface area (Å²) >= 11 is 4.69. The number of rotatable bonds is 3. The van der Waals surface area contributed by atoms with Crippen molar-refractivity contribution in [1.82, 2.24) is 19.7 Å². The summed E-state index contributed by atoms with van der Waals surface area (Å²) in [5, 5.41) is 8.10. The number of nitrogens with zero attached hydrogens (tertiary/aromatic N) is 4. The lowest BCUT2D eigenvalue weighted by molar-refractivity contribution is -0.114. The second-order valence-corrected chi connectivity index (χ2v) is 8.82. The van der Waals surface area contributed by atoms with Gasteiger partial charge in [0, 0.05) is 34.9 Å². The van der Waals surface area contributed by atoms with Crippen molar-refractivity contribution in [2.24, 2.45) is 0 Å². The number of benzene rings is 1. The van der Waals surface area contributed by atoms with Crippen molar-refractivity contribution >= 4 is 38.3 Å². The van der Waals surface area contributed by atoms with Gasteiger partial charge in [0.05, 0.1) is 22.0 Å². The first-order chi connectivity index (χ1) is 14.5. The fourth-order valence-corrected chi connectivity index (χ4v) is 5.09. The molecule has 0 radical (unpaired) electrons. The minimum absolute atomic E-state index is 0.176. The molecule has 0 unspecified atom stereocenters. The van der Waals surface area contributed by atoms with E-state index in [1.807, 2.05) is 12.1 Å². The van der Waals surface area contributed by atoms with E-state index in [1.54, 1.807) is 29.2 Å². The van der Waals surface area contributed by atoms with Crippen LogP contribution in [0.15, 0.2) is 47.2 Å². The fourth-order valence-electron chi connectivity index (χ4n) is 3.64. The lowest BCUT2D eigenvalue weighted by Crippen LogP contribution is -2.07. The maximum Gasteiger partial charge on any atom is 0.223 e. The average Bonchev–Trinajstić information content (AvgIpc) is 3.29. The summed E-state index contributed by atoms with van der Waals surface area (Å²) < 4.78 is 17.2. The summed E-state index contributed by atoms with van der Waals surface area (Å²) in [6.07, 6.45) is 4.91. The van der Waals surface area contributed by atoms with Gasteiger partial charge >= 0.3 is 0 Å². The monoisotopic (exact) mass is 483 g/mol. The number of halogens is 2. The number of anilines is 1. The van der Waals surface area contributed by atoms with E-state index in [9.17, 15) is 9.18 Å². The highest BCUT2D eigenvalue weighted by molar-refractivity contribution is 9.10. The van der Waals surface area contributed by atoms with E-state index in [-0.39, 0.29) is 11.7 Å². The number of pyridine rings is 1. The summed E-state index contributed by atoms with van der Waals surface area (Å²) in [4.78, 5) is 21.2. The largest absolute Gasteiger partial charge is 0.302 e. The van der Waals surface area contributed by atoms with Crippen molar-refractivity contribution in [2.45, 2.75) is 19.8 Å². The molecule has 0 bridgehead atoms. The molecule has 1 aliphatic carbocycles. The molecule has 1 aromatic carbocycles. The number of hydrogen-bond donors (Lipinski definition) is 1. The van der Waals surface area contributed by atoms with Crippen molar-refractivity contribution in [3.05, 3.63) is 64.3 Å². The van der Waals surface area contributed by atoms with Gasteiger partial charge in [0.15, 0.2) is 5.13 Å². The van der Waals surface area contributed by atoms with Crippen LogP contribution >= 0.6 is 27.3 Å². The Hall–Kier alpha value is -2.91. The number of carbonyl (C=O) groups excluding carboxylic acids is 1. The number of nitrogens with one attached hydrogen (secondary N) is 1. The van der Waals surface area contributed by atoms with Gasteiger partial charge in [-0.05, 0) is 43.2 Å². The first-order valence-electron chi connectivity index (χ1n) is 9.26. The molecule has 0 saturated heterocycles. The minimum atomic E-state index is -0.383. The van der Waals surface area contributed by atoms with E-state index in [4.69, 9.17) is 5.10 Å². The molecule has 5 rings (SSSR count). The maximum absolute atomic E-state index is 14.9. The zero-order valence-electron chi connectivity index (χ0n) is 15.8. The smallest absolute Gasteiger partial charge is 0.223 e. The number of aromatic nitrogens is 4. The second kappa shape index (κ2) is 7.41. The van der Waals surface area contributed by atoms with E-state index < -0.39 is 0 Å². The predicted octanol–water partition coefficient (Wildman–Crippen LogP) is 5.02. The molecule has 3 heterocycles. The molecule has 9 heteroatoms. The number of fused-ring (bicyclic) bond motifs is 3. The van der Waals surface area contributed by atoms with Gasteiger partial charge in [-0.15, -0.1) is 0 Å². The summed E-state index contributed by atoms with van der Waals surface area (Å²) in [6.45, 7) is 1.45. The van der Waals surface area contributed by atoms with Crippen molar-refractivity contribution in [1.29, 1.82) is 0 Å². The second-order valence-electron chi connectivity index (χ2n) is 6.90. The molecule has 0 spiro atoms. The van der Waals surface area contributed by atoms with Gasteiger partial charge in [0.1, 0.15) is 11.5 Å². The normalized spacial score (nSPS) is 12.4. The van der Waals surface area contributed by atoms with Crippen LogP contribution in [0.1, 0.15) is 18.2 Å². The highest BCUT2D eigenvalue weighted by Gasteiger charge is 2.30. The van der Waals surface area contributed by atoms with Crippen LogP contribution < -0.4 is 5.32 Å². The Kier molecular flexibility index (Phi) is 4.71. The summed E-state index contributed by atoms with van der Waals surface area (Å²) in [5.74, 6) is -0.559. The molecule has 3 aromatic heterocycles. The van der Waals surface area contributed by atoms with Crippen molar-refractivity contribution in [2.75, 3.05) is 5.32 Å². The lowest BCUT2D eigenvalue weighted by Gasteiger charge is -2.14. The van der Waals surface area contributed by atoms with Crippen LogP contribution in [0.4, 0.5) is 9.52 Å². The Labute approximate surface area is 183 Å². The van der Waals surface area contributed by atoms with Gasteiger partial charge in [-0.2, -0.15) is 5.10 Å². The first kappa shape index (κ1) is 19.1. The van der Waals surface area contributed by atoms with Gasteiger partial charge < -0.3 is 5.32 Å². The molecule has 0 saturated carbocycles. The Bertz CT molecular complexity index is 1280. The highest BCUT2D eigenvalue weighted by atomic mass is 79.9. The van der Waals surface area contributed by atoms with Crippen LogP contribution in [0.25, 0.3) is 27.5 Å². The Balaban J connectivity index is 1.77. The summed E-state index contributed by atoms with van der Waals surface area (Å²) in [6, 6.07) is 8.71. The number of carbonyl (C=O) groups is 1. The summed E-state index contributed by atoms with van der Waals surface area (Å²) in [5.41, 5.74) is 4.72. The van der Waals surface area contributed by atoms with Crippen LogP contribution in [-0.2, 0) is 17.6 Å². The number of aryl methyl sites for hydroxylation is 1. The lowest BCUT2D eigenvalue weighted by atomic mass is 9.95. The third-order valence-electron chi connectivity index (χ3n) is 4.86. The molecule has 4 aromatic rings. The molecule has 0 fully saturated rings. The third-order valence-corrected chi connectivity index (χ3v) is 6.38. The van der Waals surface area contributed by atoms with E-state index >= 15 is 0 Å². The van der Waals surface area contributed by atoms with Crippen LogP contribution in [0.5, 0.6) is 0 Å². The van der Waals surface area contributed by atoms with E-state index in [2.05, 4.69) is 31.2 Å². The Morgan fingerprint density at radius 3 is 2.90 bits per heavy atom. The maximum atomic E-state index is 14.9. The highest BCUT2D eigenvalue weighted by Crippen LogP contribution is 2.44. The fraction of sp³-hybridized carbons (Fsp3) is 0.143. The quantitative estimate of drug-likeness (QED) is 0.444. The molecule has 0 atom stereocenters. The van der Waals surface area contributed by atoms with Gasteiger partial charge in [-0.3, -0.25) is 9.78 Å².